The second-order valence-electron chi connectivity index (χ2n) is 6.99. The number of benzene rings is 4. The lowest BCUT2D eigenvalue weighted by molar-refractivity contribution is 0.102. The number of anilines is 1. The Kier molecular flexibility index (Phi) is 6.75. The van der Waals surface area contributed by atoms with E-state index in [9.17, 15) is 4.79 Å². The summed E-state index contributed by atoms with van der Waals surface area (Å²) in [4.78, 5) is 12.8. The van der Waals surface area contributed by atoms with E-state index >= 15 is 0 Å². The summed E-state index contributed by atoms with van der Waals surface area (Å²) in [6.07, 6.45) is 0. The zero-order valence-electron chi connectivity index (χ0n) is 17.0. The Morgan fingerprint density at radius 2 is 1.59 bits per heavy atom. The monoisotopic (exact) mass is 485 g/mol. The average Bonchev–Trinajstić information content (AvgIpc) is 2.80. The van der Waals surface area contributed by atoms with Crippen molar-refractivity contribution in [2.24, 2.45) is 0 Å². The molecule has 0 bridgehead atoms. The molecule has 7 heteroatoms. The Morgan fingerprint density at radius 3 is 2.41 bits per heavy atom. The molecule has 0 saturated carbocycles. The fourth-order valence-electron chi connectivity index (χ4n) is 3.32. The normalized spacial score (nSPS) is 10.8. The van der Waals surface area contributed by atoms with Crippen LogP contribution in [0.3, 0.4) is 0 Å². The van der Waals surface area contributed by atoms with Crippen LogP contribution >= 0.6 is 34.8 Å². The van der Waals surface area contributed by atoms with Gasteiger partial charge in [-0.3, -0.25) is 4.79 Å². The molecule has 0 spiro atoms. The number of ether oxygens (including phenoxy) is 2. The van der Waals surface area contributed by atoms with Crippen molar-refractivity contribution in [2.45, 2.75) is 6.61 Å². The highest BCUT2D eigenvalue weighted by Gasteiger charge is 2.14. The van der Waals surface area contributed by atoms with Gasteiger partial charge in [0.2, 0.25) is 0 Å². The molecule has 0 radical (unpaired) electrons. The third kappa shape index (κ3) is 4.78. The van der Waals surface area contributed by atoms with E-state index in [4.69, 9.17) is 44.3 Å². The summed E-state index contributed by atoms with van der Waals surface area (Å²) in [5.74, 6) is 1.02. The second-order valence-corrected chi connectivity index (χ2v) is 8.21. The molecule has 0 heterocycles. The topological polar surface area (TPSA) is 47.6 Å². The number of hydrogen-bond donors (Lipinski definition) is 1. The van der Waals surface area contributed by atoms with E-state index < -0.39 is 0 Å². The summed E-state index contributed by atoms with van der Waals surface area (Å²) in [5.41, 5.74) is 1.52. The van der Waals surface area contributed by atoms with E-state index in [2.05, 4.69) is 5.32 Å². The molecule has 0 aromatic heterocycles. The van der Waals surface area contributed by atoms with Gasteiger partial charge in [0.25, 0.3) is 5.91 Å². The predicted molar refractivity (Wildman–Crippen MR) is 131 cm³/mol. The van der Waals surface area contributed by atoms with Gasteiger partial charge in [-0.05, 0) is 41.8 Å². The van der Waals surface area contributed by atoms with Gasteiger partial charge in [-0.2, -0.15) is 0 Å². The molecule has 0 aliphatic heterocycles. The maximum absolute atomic E-state index is 12.8. The number of halogens is 3. The van der Waals surface area contributed by atoms with Crippen LogP contribution in [0.1, 0.15) is 15.9 Å². The van der Waals surface area contributed by atoms with Crippen LogP contribution in [0.5, 0.6) is 11.5 Å². The zero-order chi connectivity index (χ0) is 22.7. The van der Waals surface area contributed by atoms with Crippen molar-refractivity contribution in [1.29, 1.82) is 0 Å². The first-order valence-electron chi connectivity index (χ1n) is 9.69. The molecular weight excluding hydrogens is 469 g/mol. The fourth-order valence-corrected chi connectivity index (χ4v) is 3.92. The van der Waals surface area contributed by atoms with E-state index in [0.29, 0.717) is 32.1 Å². The van der Waals surface area contributed by atoms with Gasteiger partial charge < -0.3 is 14.8 Å². The molecule has 4 rings (SSSR count). The molecule has 0 aliphatic carbocycles. The van der Waals surface area contributed by atoms with E-state index in [1.54, 1.807) is 25.3 Å². The van der Waals surface area contributed by atoms with Crippen LogP contribution in [-0.4, -0.2) is 13.0 Å². The fraction of sp³-hybridized carbons (Fsp3) is 0.0800. The summed E-state index contributed by atoms with van der Waals surface area (Å²) >= 11 is 18.2. The van der Waals surface area contributed by atoms with Crippen LogP contribution in [0.15, 0.2) is 72.8 Å². The third-order valence-electron chi connectivity index (χ3n) is 4.93. The Bertz CT molecular complexity index is 1300. The van der Waals surface area contributed by atoms with Gasteiger partial charge in [-0.25, -0.2) is 0 Å². The molecule has 0 saturated heterocycles. The van der Waals surface area contributed by atoms with Gasteiger partial charge in [0.05, 0.1) is 27.9 Å². The Morgan fingerprint density at radius 1 is 0.844 bits per heavy atom. The van der Waals surface area contributed by atoms with Gasteiger partial charge in [-0.1, -0.05) is 71.2 Å². The van der Waals surface area contributed by atoms with Crippen LogP contribution in [0.2, 0.25) is 15.1 Å². The number of carbonyl (C=O) groups excluding carboxylic acids is 1. The molecule has 0 fully saturated rings. The maximum Gasteiger partial charge on any atom is 0.255 e. The summed E-state index contributed by atoms with van der Waals surface area (Å²) in [5, 5.41) is 5.76. The van der Waals surface area contributed by atoms with E-state index in [1.165, 1.54) is 12.1 Å². The number of methoxy groups -OCH3 is 1. The number of amides is 1. The summed E-state index contributed by atoms with van der Waals surface area (Å²) in [6.45, 7) is 0.228. The highest BCUT2D eigenvalue weighted by molar-refractivity contribution is 6.44. The van der Waals surface area contributed by atoms with Crippen molar-refractivity contribution in [3.05, 3.63) is 99.0 Å². The molecule has 1 N–H and O–H groups in total. The van der Waals surface area contributed by atoms with Crippen LogP contribution in [0.25, 0.3) is 10.8 Å². The zero-order valence-corrected chi connectivity index (χ0v) is 19.3. The van der Waals surface area contributed by atoms with Crippen molar-refractivity contribution in [3.63, 3.8) is 0 Å². The Labute approximate surface area is 200 Å². The Hall–Kier alpha value is -2.92. The number of rotatable bonds is 6. The van der Waals surface area contributed by atoms with Crippen LogP contribution in [0, 0.1) is 0 Å². The smallest absolute Gasteiger partial charge is 0.255 e. The lowest BCUT2D eigenvalue weighted by Crippen LogP contribution is -2.13. The van der Waals surface area contributed by atoms with E-state index in [1.807, 2.05) is 42.5 Å². The van der Waals surface area contributed by atoms with Crippen molar-refractivity contribution in [3.8, 4) is 11.5 Å². The highest BCUT2D eigenvalue weighted by Crippen LogP contribution is 2.33. The number of fused-ring (bicyclic) bond motifs is 1. The van der Waals surface area contributed by atoms with Gasteiger partial charge >= 0.3 is 0 Å². The largest absolute Gasteiger partial charge is 0.496 e. The molecule has 4 aromatic rings. The molecular formula is C25H18Cl3NO3. The van der Waals surface area contributed by atoms with Gasteiger partial charge in [0, 0.05) is 16.5 Å². The van der Waals surface area contributed by atoms with Gasteiger partial charge in [0.15, 0.2) is 0 Å². The summed E-state index contributed by atoms with van der Waals surface area (Å²) in [6, 6.07) is 22.0. The minimum absolute atomic E-state index is 0.228. The molecule has 0 unspecified atom stereocenters. The molecule has 1 amide bonds. The van der Waals surface area contributed by atoms with Crippen molar-refractivity contribution >= 4 is 57.2 Å². The van der Waals surface area contributed by atoms with Crippen LogP contribution < -0.4 is 14.8 Å². The van der Waals surface area contributed by atoms with Gasteiger partial charge in [-0.15, -0.1) is 0 Å². The first kappa shape index (κ1) is 22.3. The first-order chi connectivity index (χ1) is 15.5. The summed E-state index contributed by atoms with van der Waals surface area (Å²) < 4.78 is 11.5. The highest BCUT2D eigenvalue weighted by atomic mass is 35.5. The number of hydrogen-bond acceptors (Lipinski definition) is 3. The SMILES string of the molecule is COc1ccc(C(=O)Nc2cc(Cl)c(Cl)cc2Cl)cc1COc1cccc2ccccc12. The first-order valence-corrected chi connectivity index (χ1v) is 10.8. The maximum atomic E-state index is 12.8. The molecule has 32 heavy (non-hydrogen) atoms. The van der Waals surface area contributed by atoms with Crippen LogP contribution in [0.4, 0.5) is 5.69 Å². The minimum atomic E-state index is -0.348. The molecule has 4 nitrogen and oxygen atoms in total. The Balaban J connectivity index is 1.57. The molecule has 0 atom stereocenters. The molecule has 0 aliphatic rings. The molecule has 162 valence electrons. The average molecular weight is 487 g/mol. The van der Waals surface area contributed by atoms with Crippen molar-refractivity contribution in [1.82, 2.24) is 0 Å². The van der Waals surface area contributed by atoms with Gasteiger partial charge in [0.1, 0.15) is 18.1 Å². The second kappa shape index (κ2) is 9.70. The van der Waals surface area contributed by atoms with Crippen molar-refractivity contribution < 1.29 is 14.3 Å². The molecule has 4 aromatic carbocycles. The summed E-state index contributed by atoms with van der Waals surface area (Å²) in [7, 11) is 1.58. The lowest BCUT2D eigenvalue weighted by Gasteiger charge is -2.14. The standard InChI is InChI=1S/C25H18Cl3NO3/c1-31-23-10-9-16(25(30)29-22-13-20(27)19(26)12-21(22)28)11-17(23)14-32-24-8-4-6-15-5-2-3-7-18(15)24/h2-13H,14H2,1H3,(H,29,30). The predicted octanol–water partition coefficient (Wildman–Crippen LogP) is 7.64. The third-order valence-corrected chi connectivity index (χ3v) is 5.97. The van der Waals surface area contributed by atoms with E-state index in [-0.39, 0.29) is 12.5 Å². The minimum Gasteiger partial charge on any atom is -0.496 e. The van der Waals surface area contributed by atoms with Crippen LogP contribution in [-0.2, 0) is 6.61 Å². The number of nitrogens with one attached hydrogen (secondary N) is 1. The van der Waals surface area contributed by atoms with Crippen molar-refractivity contribution in [2.75, 3.05) is 12.4 Å². The number of carbonyl (C=O) groups is 1. The lowest BCUT2D eigenvalue weighted by atomic mass is 10.1. The quantitative estimate of drug-likeness (QED) is 0.285. The van der Waals surface area contributed by atoms with E-state index in [0.717, 1.165) is 22.1 Å².